The summed E-state index contributed by atoms with van der Waals surface area (Å²) in [5.41, 5.74) is 2.70. The summed E-state index contributed by atoms with van der Waals surface area (Å²) in [5, 5.41) is 1.74. The minimum Gasteiger partial charge on any atom is -0.354 e. The maximum Gasteiger partial charge on any atom is 0.253 e. The van der Waals surface area contributed by atoms with Crippen LogP contribution >= 0.6 is 11.6 Å². The van der Waals surface area contributed by atoms with E-state index in [1.807, 2.05) is 41.3 Å². The van der Waals surface area contributed by atoms with E-state index < -0.39 is 0 Å². The smallest absolute Gasteiger partial charge is 0.253 e. The van der Waals surface area contributed by atoms with Crippen LogP contribution in [0.2, 0.25) is 5.02 Å². The lowest BCUT2D eigenvalue weighted by atomic mass is 10.1. The first kappa shape index (κ1) is 23.0. The molecule has 6 nitrogen and oxygen atoms in total. The molecule has 3 aromatic carbocycles. The summed E-state index contributed by atoms with van der Waals surface area (Å²) in [7, 11) is 0. The third-order valence-electron chi connectivity index (χ3n) is 7.29. The number of amides is 1. The zero-order chi connectivity index (χ0) is 24.5. The Morgan fingerprint density at radius 2 is 1.53 bits per heavy atom. The van der Waals surface area contributed by atoms with Crippen molar-refractivity contribution in [3.8, 4) is 11.4 Å². The van der Waals surface area contributed by atoms with Crippen LogP contribution < -0.4 is 4.90 Å². The molecule has 2 aliphatic heterocycles. The van der Waals surface area contributed by atoms with Crippen LogP contribution in [0.4, 0.5) is 5.82 Å². The second kappa shape index (κ2) is 9.88. The summed E-state index contributed by atoms with van der Waals surface area (Å²) < 4.78 is 0. The molecule has 36 heavy (non-hydrogen) atoms. The van der Waals surface area contributed by atoms with E-state index >= 15 is 0 Å². The number of fused-ring (bicyclic) bond motifs is 1. The van der Waals surface area contributed by atoms with Gasteiger partial charge in [0.2, 0.25) is 0 Å². The van der Waals surface area contributed by atoms with Crippen LogP contribution in [-0.4, -0.2) is 71.0 Å². The van der Waals surface area contributed by atoms with Gasteiger partial charge in [-0.1, -0.05) is 54.1 Å². The van der Waals surface area contributed by atoms with Crippen LogP contribution in [0.1, 0.15) is 16.8 Å². The van der Waals surface area contributed by atoms with E-state index in [4.69, 9.17) is 21.6 Å². The van der Waals surface area contributed by atoms with Gasteiger partial charge in [-0.05, 0) is 42.8 Å². The molecule has 0 unspecified atom stereocenters. The van der Waals surface area contributed by atoms with Crippen LogP contribution in [0, 0.1) is 0 Å². The van der Waals surface area contributed by atoms with E-state index in [2.05, 4.69) is 40.1 Å². The summed E-state index contributed by atoms with van der Waals surface area (Å²) in [4.78, 5) is 29.7. The van der Waals surface area contributed by atoms with Gasteiger partial charge < -0.3 is 9.80 Å². The van der Waals surface area contributed by atoms with E-state index in [0.29, 0.717) is 16.6 Å². The fourth-order valence-corrected chi connectivity index (χ4v) is 5.44. The van der Waals surface area contributed by atoms with Gasteiger partial charge in [0.1, 0.15) is 5.82 Å². The molecule has 0 radical (unpaired) electrons. The van der Waals surface area contributed by atoms with Gasteiger partial charge in [-0.2, -0.15) is 0 Å². The number of carbonyl (C=O) groups excluding carboxylic acids is 1. The maximum absolute atomic E-state index is 12.9. The SMILES string of the molecule is O=C(c1ccc(Cl)cc1)N1CCN([C@H]2CCN(c3nc(-c4ccccc4)nc4ccccc34)C2)CC1. The Kier molecular flexibility index (Phi) is 6.30. The molecule has 6 rings (SSSR count). The number of nitrogens with zero attached hydrogens (tertiary/aromatic N) is 5. The van der Waals surface area contributed by atoms with Crippen molar-refractivity contribution in [3.05, 3.63) is 89.4 Å². The van der Waals surface area contributed by atoms with Crippen molar-refractivity contribution < 1.29 is 4.79 Å². The molecule has 7 heteroatoms. The molecule has 2 aliphatic rings. The number of hydrogen-bond donors (Lipinski definition) is 0. The molecule has 182 valence electrons. The Balaban J connectivity index is 1.16. The number of para-hydroxylation sites is 1. The van der Waals surface area contributed by atoms with Crippen molar-refractivity contribution in [2.24, 2.45) is 0 Å². The topological polar surface area (TPSA) is 52.6 Å². The van der Waals surface area contributed by atoms with Gasteiger partial charge in [-0.15, -0.1) is 0 Å². The molecule has 0 spiro atoms. The second-order valence-electron chi connectivity index (χ2n) is 9.48. The first-order valence-corrected chi connectivity index (χ1v) is 12.9. The molecule has 2 fully saturated rings. The average molecular weight is 498 g/mol. The van der Waals surface area contributed by atoms with E-state index in [1.165, 1.54) is 0 Å². The van der Waals surface area contributed by atoms with Crippen LogP contribution in [0.3, 0.4) is 0 Å². The molecule has 1 aromatic heterocycles. The van der Waals surface area contributed by atoms with Crippen LogP contribution in [0.5, 0.6) is 0 Å². The number of rotatable bonds is 4. The van der Waals surface area contributed by atoms with Crippen LogP contribution in [-0.2, 0) is 0 Å². The monoisotopic (exact) mass is 497 g/mol. The molecule has 0 bridgehead atoms. The number of halogens is 1. The van der Waals surface area contributed by atoms with Crippen molar-refractivity contribution >= 4 is 34.2 Å². The lowest BCUT2D eigenvalue weighted by Gasteiger charge is -2.38. The molecule has 2 saturated heterocycles. The van der Waals surface area contributed by atoms with Crippen LogP contribution in [0.25, 0.3) is 22.3 Å². The highest BCUT2D eigenvalue weighted by Crippen LogP contribution is 2.31. The minimum absolute atomic E-state index is 0.0836. The van der Waals surface area contributed by atoms with Gasteiger partial charge >= 0.3 is 0 Å². The maximum atomic E-state index is 12.9. The molecular formula is C29H28ClN5O. The third-order valence-corrected chi connectivity index (χ3v) is 7.54. The molecule has 1 amide bonds. The lowest BCUT2D eigenvalue weighted by Crippen LogP contribution is -2.52. The normalized spacial score (nSPS) is 18.6. The highest BCUT2D eigenvalue weighted by atomic mass is 35.5. The van der Waals surface area contributed by atoms with Gasteiger partial charge in [-0.25, -0.2) is 9.97 Å². The number of anilines is 1. The fraction of sp³-hybridized carbons (Fsp3) is 0.276. The van der Waals surface area contributed by atoms with Crippen molar-refractivity contribution in [2.75, 3.05) is 44.2 Å². The van der Waals surface area contributed by atoms with Crippen molar-refractivity contribution in [1.82, 2.24) is 19.8 Å². The predicted molar refractivity (Wildman–Crippen MR) is 145 cm³/mol. The number of benzene rings is 3. The van der Waals surface area contributed by atoms with Crippen LogP contribution in [0.15, 0.2) is 78.9 Å². The average Bonchev–Trinajstić information content (AvgIpc) is 3.43. The van der Waals surface area contributed by atoms with E-state index in [9.17, 15) is 4.79 Å². The van der Waals surface area contributed by atoms with E-state index in [1.54, 1.807) is 12.1 Å². The van der Waals surface area contributed by atoms with Crippen molar-refractivity contribution in [2.45, 2.75) is 12.5 Å². The van der Waals surface area contributed by atoms with Gasteiger partial charge in [0.25, 0.3) is 5.91 Å². The third kappa shape index (κ3) is 4.54. The molecular weight excluding hydrogens is 470 g/mol. The first-order chi connectivity index (χ1) is 17.7. The van der Waals surface area contributed by atoms with E-state index in [0.717, 1.165) is 73.8 Å². The summed E-state index contributed by atoms with van der Waals surface area (Å²) in [6.45, 7) is 5.15. The van der Waals surface area contributed by atoms with Gasteiger partial charge in [0.15, 0.2) is 5.82 Å². The highest BCUT2D eigenvalue weighted by Gasteiger charge is 2.32. The van der Waals surface area contributed by atoms with Gasteiger partial charge in [0, 0.05) is 66.8 Å². The van der Waals surface area contributed by atoms with Crippen molar-refractivity contribution in [3.63, 3.8) is 0 Å². The van der Waals surface area contributed by atoms with E-state index in [-0.39, 0.29) is 5.91 Å². The number of hydrogen-bond acceptors (Lipinski definition) is 5. The Morgan fingerprint density at radius 1 is 0.806 bits per heavy atom. The molecule has 0 saturated carbocycles. The molecule has 0 aliphatic carbocycles. The Hall–Kier alpha value is -3.48. The lowest BCUT2D eigenvalue weighted by molar-refractivity contribution is 0.0585. The summed E-state index contributed by atoms with van der Waals surface area (Å²) in [6.07, 6.45) is 1.09. The number of piperazine rings is 1. The molecule has 4 aromatic rings. The Bertz CT molecular complexity index is 1370. The zero-order valence-corrected chi connectivity index (χ0v) is 20.8. The summed E-state index contributed by atoms with van der Waals surface area (Å²) in [5.74, 6) is 1.86. The number of aromatic nitrogens is 2. The first-order valence-electron chi connectivity index (χ1n) is 12.5. The summed E-state index contributed by atoms with van der Waals surface area (Å²) in [6, 6.07) is 26.1. The quantitative estimate of drug-likeness (QED) is 0.397. The zero-order valence-electron chi connectivity index (χ0n) is 20.1. The summed E-state index contributed by atoms with van der Waals surface area (Å²) >= 11 is 5.98. The fourth-order valence-electron chi connectivity index (χ4n) is 5.31. The minimum atomic E-state index is 0.0836. The van der Waals surface area contributed by atoms with Gasteiger partial charge in [0.05, 0.1) is 5.52 Å². The Labute approximate surface area is 216 Å². The second-order valence-corrected chi connectivity index (χ2v) is 9.91. The highest BCUT2D eigenvalue weighted by molar-refractivity contribution is 6.30. The largest absolute Gasteiger partial charge is 0.354 e. The Morgan fingerprint density at radius 3 is 2.31 bits per heavy atom. The molecule has 3 heterocycles. The standard InChI is InChI=1S/C29H28ClN5O/c30-23-12-10-22(11-13-23)29(36)34-18-16-33(17-19-34)24-14-15-35(20-24)28-25-8-4-5-9-26(25)31-27(32-28)21-6-2-1-3-7-21/h1-13,24H,14-20H2/t24-/m0/s1. The number of carbonyl (C=O) groups is 1. The van der Waals surface area contributed by atoms with Crippen molar-refractivity contribution in [1.29, 1.82) is 0 Å². The van der Waals surface area contributed by atoms with Gasteiger partial charge in [-0.3, -0.25) is 9.69 Å². The molecule has 0 N–H and O–H groups in total. The molecule has 1 atom stereocenters. The predicted octanol–water partition coefficient (Wildman–Crippen LogP) is 4.99.